The van der Waals surface area contributed by atoms with Gasteiger partial charge in [0.05, 0.1) is 11.4 Å². The number of hydrogen-bond acceptors (Lipinski definition) is 6. The van der Waals surface area contributed by atoms with E-state index in [0.717, 1.165) is 11.3 Å². The normalized spacial score (nSPS) is 13.9. The van der Waals surface area contributed by atoms with Crippen LogP contribution in [0.2, 0.25) is 0 Å². The maximum atomic E-state index is 12.2. The Morgan fingerprint density at radius 2 is 2.00 bits per heavy atom. The van der Waals surface area contributed by atoms with Crippen LogP contribution in [-0.2, 0) is 14.8 Å². The second kappa shape index (κ2) is 7.06. The first-order valence-electron chi connectivity index (χ1n) is 7.09. The number of amides is 1. The molecule has 0 aliphatic rings. The zero-order chi connectivity index (χ0) is 17.1. The minimum atomic E-state index is -3.68. The number of aromatic nitrogens is 1. The molecule has 0 unspecified atom stereocenters. The number of carbonyl (C=O) groups is 1. The average molecular weight is 348 g/mol. The number of rotatable bonds is 6. The summed E-state index contributed by atoms with van der Waals surface area (Å²) in [7, 11) is -3.68. The molecule has 126 valence electrons. The first-order chi connectivity index (χ1) is 9.95. The van der Waals surface area contributed by atoms with Crippen molar-refractivity contribution in [2.45, 2.75) is 47.6 Å². The monoisotopic (exact) mass is 348 g/mol. The summed E-state index contributed by atoms with van der Waals surface area (Å²) < 4.78 is 31.6. The van der Waals surface area contributed by atoms with Crippen molar-refractivity contribution in [3.8, 4) is 0 Å². The predicted molar refractivity (Wildman–Crippen MR) is 87.6 cm³/mol. The molecule has 1 aromatic heterocycles. The maximum Gasteiger partial charge on any atom is 0.276 e. The highest BCUT2D eigenvalue weighted by atomic mass is 32.2. The van der Waals surface area contributed by atoms with Gasteiger partial charge in [0.1, 0.15) is 16.0 Å². The fraction of sp³-hybridized carbons (Fsp3) is 0.714. The molecule has 0 aliphatic carbocycles. The summed E-state index contributed by atoms with van der Waals surface area (Å²) >= 11 is 1.16. The molecule has 22 heavy (non-hydrogen) atoms. The van der Waals surface area contributed by atoms with Crippen molar-refractivity contribution in [2.75, 3.05) is 12.4 Å². The summed E-state index contributed by atoms with van der Waals surface area (Å²) in [5, 5.41) is 0.665. The average Bonchev–Trinajstić information content (AvgIpc) is 2.67. The van der Waals surface area contributed by atoms with Gasteiger partial charge >= 0.3 is 0 Å². The quantitative estimate of drug-likeness (QED) is 0.854. The largest absolute Gasteiger partial charge is 0.372 e. The molecule has 0 fully saturated rings. The molecule has 0 radical (unpaired) electrons. The van der Waals surface area contributed by atoms with Crippen LogP contribution in [0.4, 0.5) is 0 Å². The molecule has 1 rings (SSSR count). The fourth-order valence-electron chi connectivity index (χ4n) is 1.92. The van der Waals surface area contributed by atoms with Gasteiger partial charge in [-0.15, -0.1) is 11.3 Å². The molecule has 0 aromatic carbocycles. The van der Waals surface area contributed by atoms with E-state index >= 15 is 0 Å². The van der Waals surface area contributed by atoms with Crippen LogP contribution in [0.25, 0.3) is 0 Å². The Kier molecular flexibility index (Phi) is 6.11. The van der Waals surface area contributed by atoms with E-state index < -0.39 is 21.3 Å². The number of hydrogen-bond donors (Lipinski definition) is 1. The number of sulfonamides is 1. The van der Waals surface area contributed by atoms with E-state index in [1.54, 1.807) is 27.7 Å². The molecule has 0 saturated carbocycles. The van der Waals surface area contributed by atoms with Gasteiger partial charge in [-0.2, -0.15) is 0 Å². The molecule has 0 saturated heterocycles. The first kappa shape index (κ1) is 19.1. The summed E-state index contributed by atoms with van der Waals surface area (Å²) in [4.78, 5) is 16.8. The Morgan fingerprint density at radius 3 is 2.50 bits per heavy atom. The molecule has 0 aliphatic heterocycles. The van der Waals surface area contributed by atoms with E-state index in [2.05, 4.69) is 9.71 Å². The van der Waals surface area contributed by atoms with Crippen LogP contribution in [0, 0.1) is 12.3 Å². The fourth-order valence-corrected chi connectivity index (χ4v) is 4.54. The minimum absolute atomic E-state index is 0.119. The van der Waals surface area contributed by atoms with Gasteiger partial charge in [-0.3, -0.25) is 4.79 Å². The molecule has 1 amide bonds. The predicted octanol–water partition coefficient (Wildman–Crippen LogP) is 2.65. The summed E-state index contributed by atoms with van der Waals surface area (Å²) in [5.74, 6) is -0.750. The minimum Gasteiger partial charge on any atom is -0.372 e. The highest BCUT2D eigenvalue weighted by Crippen LogP contribution is 2.26. The lowest BCUT2D eigenvalue weighted by Gasteiger charge is -2.18. The number of ether oxygens (including phenoxy) is 1. The zero-order valence-corrected chi connectivity index (χ0v) is 15.5. The van der Waals surface area contributed by atoms with Gasteiger partial charge < -0.3 is 4.74 Å². The second-order valence-corrected chi connectivity index (χ2v) is 9.07. The molecule has 1 N–H and O–H groups in total. The molecule has 8 heteroatoms. The standard InChI is InChI=1S/C14H24N2O4S2/c1-7-20-10(3)13-15-9(2)11(21-13)12(17)16-22(18,19)8-14(4,5)6/h10H,7-8H2,1-6H3,(H,16,17)/t10-/m1/s1. The Hall–Kier alpha value is -0.990. The van der Waals surface area contributed by atoms with Crippen molar-refractivity contribution < 1.29 is 17.9 Å². The molecule has 1 heterocycles. The summed E-state index contributed by atoms with van der Waals surface area (Å²) in [5.41, 5.74) is 0.0822. The van der Waals surface area contributed by atoms with E-state index in [-0.39, 0.29) is 11.9 Å². The number of aryl methyl sites for hydroxylation is 1. The second-order valence-electron chi connectivity index (χ2n) is 6.32. The van der Waals surface area contributed by atoms with Crippen LogP contribution >= 0.6 is 11.3 Å². The lowest BCUT2D eigenvalue weighted by atomic mass is 10.0. The summed E-state index contributed by atoms with van der Waals surface area (Å²) in [6.45, 7) is 11.4. The lowest BCUT2D eigenvalue weighted by Crippen LogP contribution is -2.36. The van der Waals surface area contributed by atoms with Crippen molar-refractivity contribution in [1.82, 2.24) is 9.71 Å². The third-order valence-electron chi connectivity index (χ3n) is 2.66. The first-order valence-corrected chi connectivity index (χ1v) is 9.56. The Labute approximate surface area is 136 Å². The molecule has 1 atom stereocenters. The van der Waals surface area contributed by atoms with Crippen molar-refractivity contribution >= 4 is 27.3 Å². The van der Waals surface area contributed by atoms with Crippen molar-refractivity contribution in [3.63, 3.8) is 0 Å². The maximum absolute atomic E-state index is 12.2. The van der Waals surface area contributed by atoms with E-state index in [1.165, 1.54) is 0 Å². The highest BCUT2D eigenvalue weighted by Gasteiger charge is 2.26. The van der Waals surface area contributed by atoms with Gasteiger partial charge in [0.2, 0.25) is 10.0 Å². The van der Waals surface area contributed by atoms with Gasteiger partial charge in [-0.05, 0) is 26.2 Å². The van der Waals surface area contributed by atoms with Crippen LogP contribution in [-0.4, -0.2) is 31.7 Å². The van der Waals surface area contributed by atoms with E-state index in [9.17, 15) is 13.2 Å². The van der Waals surface area contributed by atoms with Gasteiger partial charge in [-0.1, -0.05) is 20.8 Å². The number of nitrogens with one attached hydrogen (secondary N) is 1. The van der Waals surface area contributed by atoms with Gasteiger partial charge in [-0.25, -0.2) is 18.1 Å². The third kappa shape index (κ3) is 5.66. The molecular formula is C14H24N2O4S2. The van der Waals surface area contributed by atoms with Gasteiger partial charge in [0.15, 0.2) is 0 Å². The molecular weight excluding hydrogens is 324 g/mol. The van der Waals surface area contributed by atoms with Gasteiger partial charge in [0.25, 0.3) is 5.91 Å². The number of carbonyl (C=O) groups excluding carboxylic acids is 1. The van der Waals surface area contributed by atoms with Crippen molar-refractivity contribution in [2.24, 2.45) is 5.41 Å². The Balaban J connectivity index is 2.91. The van der Waals surface area contributed by atoms with Crippen molar-refractivity contribution in [3.05, 3.63) is 15.6 Å². The Bertz CT molecular complexity index is 630. The molecule has 0 bridgehead atoms. The molecule has 0 spiro atoms. The number of thiazole rings is 1. The smallest absolute Gasteiger partial charge is 0.276 e. The third-order valence-corrected chi connectivity index (χ3v) is 5.71. The van der Waals surface area contributed by atoms with Crippen LogP contribution in [0.1, 0.15) is 61.1 Å². The SMILES string of the molecule is CCO[C@H](C)c1nc(C)c(C(=O)NS(=O)(=O)CC(C)(C)C)s1. The topological polar surface area (TPSA) is 85.4 Å². The summed E-state index contributed by atoms with van der Waals surface area (Å²) in [6.07, 6.45) is -0.221. The number of nitrogens with zero attached hydrogens (tertiary/aromatic N) is 1. The van der Waals surface area contributed by atoms with Crippen LogP contribution in [0.5, 0.6) is 0 Å². The summed E-state index contributed by atoms with van der Waals surface area (Å²) in [6, 6.07) is 0. The highest BCUT2D eigenvalue weighted by molar-refractivity contribution is 7.90. The zero-order valence-electron chi connectivity index (χ0n) is 13.9. The molecule has 6 nitrogen and oxygen atoms in total. The van der Waals surface area contributed by atoms with Crippen molar-refractivity contribution in [1.29, 1.82) is 0 Å². The lowest BCUT2D eigenvalue weighted by molar-refractivity contribution is 0.0761. The Morgan fingerprint density at radius 1 is 1.41 bits per heavy atom. The van der Waals surface area contributed by atoms with Crippen LogP contribution in [0.15, 0.2) is 0 Å². The molecule has 1 aromatic rings. The van der Waals surface area contributed by atoms with E-state index in [1.807, 2.05) is 13.8 Å². The van der Waals surface area contributed by atoms with Crippen LogP contribution < -0.4 is 4.72 Å². The van der Waals surface area contributed by atoms with Crippen LogP contribution in [0.3, 0.4) is 0 Å². The van der Waals surface area contributed by atoms with E-state index in [4.69, 9.17) is 4.74 Å². The van der Waals surface area contributed by atoms with Gasteiger partial charge in [0, 0.05) is 6.61 Å². The van der Waals surface area contributed by atoms with E-state index in [0.29, 0.717) is 22.2 Å².